The molecule has 0 bridgehead atoms. The van der Waals surface area contributed by atoms with E-state index >= 15 is 0 Å². The van der Waals surface area contributed by atoms with E-state index in [-0.39, 0.29) is 12.1 Å². The maximum absolute atomic E-state index is 13.7. The van der Waals surface area contributed by atoms with E-state index in [1.807, 2.05) is 6.07 Å². The number of anilines is 1. The summed E-state index contributed by atoms with van der Waals surface area (Å²) in [6, 6.07) is 1.73. The Labute approximate surface area is 131 Å². The lowest BCUT2D eigenvalue weighted by Gasteiger charge is -2.25. The standard InChI is InChI=1S/C14H10BrF4NS/c15-11-4-6-9(2-1-3-10(6)21-11)20-14-12(18)7(16)5-8(17)13(14)19/h4-5,9,20H,1-3H2. The first-order valence-electron chi connectivity index (χ1n) is 6.35. The molecule has 3 rings (SSSR count). The molecule has 0 fully saturated rings. The van der Waals surface area contributed by atoms with Gasteiger partial charge in [0, 0.05) is 10.9 Å². The summed E-state index contributed by atoms with van der Waals surface area (Å²) in [5.41, 5.74) is 0.175. The van der Waals surface area contributed by atoms with E-state index in [0.717, 1.165) is 27.1 Å². The summed E-state index contributed by atoms with van der Waals surface area (Å²) < 4.78 is 54.9. The van der Waals surface area contributed by atoms with E-state index in [2.05, 4.69) is 21.2 Å². The van der Waals surface area contributed by atoms with Crippen molar-refractivity contribution in [3.05, 3.63) is 49.6 Å². The number of halogens is 5. The number of hydrogen-bond acceptors (Lipinski definition) is 2. The zero-order chi connectivity index (χ0) is 15.1. The van der Waals surface area contributed by atoms with Crippen LogP contribution in [0.4, 0.5) is 23.2 Å². The molecule has 1 unspecified atom stereocenters. The summed E-state index contributed by atoms with van der Waals surface area (Å²) in [7, 11) is 0. The Morgan fingerprint density at radius 3 is 2.43 bits per heavy atom. The summed E-state index contributed by atoms with van der Waals surface area (Å²) in [6.07, 6.45) is 2.39. The SMILES string of the molecule is Fc1cc(F)c(F)c(NC2CCCc3sc(Br)cc32)c1F. The van der Waals surface area contributed by atoms with Gasteiger partial charge in [-0.15, -0.1) is 11.3 Å². The lowest BCUT2D eigenvalue weighted by molar-refractivity contribution is 0.455. The highest BCUT2D eigenvalue weighted by Crippen LogP contribution is 2.40. The lowest BCUT2D eigenvalue weighted by Crippen LogP contribution is -2.18. The Bertz CT molecular complexity index is 675. The predicted molar refractivity (Wildman–Crippen MR) is 77.6 cm³/mol. The number of benzene rings is 1. The fraction of sp³-hybridized carbons (Fsp3) is 0.286. The Balaban J connectivity index is 1.99. The minimum Gasteiger partial charge on any atom is -0.373 e. The third kappa shape index (κ3) is 2.68. The van der Waals surface area contributed by atoms with Crippen LogP contribution in [-0.2, 0) is 6.42 Å². The summed E-state index contributed by atoms with van der Waals surface area (Å²) in [6.45, 7) is 0. The first-order chi connectivity index (χ1) is 9.97. The van der Waals surface area contributed by atoms with Crippen molar-refractivity contribution in [1.82, 2.24) is 0 Å². The van der Waals surface area contributed by atoms with Crippen LogP contribution in [0.5, 0.6) is 0 Å². The fourth-order valence-electron chi connectivity index (χ4n) is 2.55. The molecule has 1 aromatic heterocycles. The molecule has 0 saturated heterocycles. The second-order valence-corrected chi connectivity index (χ2v) is 7.38. The van der Waals surface area contributed by atoms with Crippen LogP contribution < -0.4 is 5.32 Å². The number of rotatable bonds is 2. The van der Waals surface area contributed by atoms with Gasteiger partial charge >= 0.3 is 0 Å². The normalized spacial score (nSPS) is 17.7. The molecule has 1 aliphatic carbocycles. The molecular formula is C14H10BrF4NS. The maximum atomic E-state index is 13.7. The van der Waals surface area contributed by atoms with Crippen molar-refractivity contribution in [3.63, 3.8) is 0 Å². The van der Waals surface area contributed by atoms with Gasteiger partial charge in [-0.25, -0.2) is 17.6 Å². The van der Waals surface area contributed by atoms with Gasteiger partial charge in [-0.2, -0.15) is 0 Å². The summed E-state index contributed by atoms with van der Waals surface area (Å²) in [5.74, 6) is -5.59. The molecule has 1 atom stereocenters. The molecule has 0 radical (unpaired) electrons. The summed E-state index contributed by atoms with van der Waals surface area (Å²) in [5, 5.41) is 2.62. The van der Waals surface area contributed by atoms with Crippen LogP contribution in [0, 0.1) is 23.3 Å². The van der Waals surface area contributed by atoms with Gasteiger partial charge in [-0.3, -0.25) is 0 Å². The largest absolute Gasteiger partial charge is 0.373 e. The van der Waals surface area contributed by atoms with Crippen molar-refractivity contribution >= 4 is 33.0 Å². The first-order valence-corrected chi connectivity index (χ1v) is 7.96. The number of hydrogen-bond donors (Lipinski definition) is 1. The third-order valence-corrected chi connectivity index (χ3v) is 5.23. The van der Waals surface area contributed by atoms with Gasteiger partial charge < -0.3 is 5.32 Å². The molecule has 1 nitrogen and oxygen atoms in total. The van der Waals surface area contributed by atoms with Crippen molar-refractivity contribution in [1.29, 1.82) is 0 Å². The number of fused-ring (bicyclic) bond motifs is 1. The van der Waals surface area contributed by atoms with Crippen LogP contribution in [0.25, 0.3) is 0 Å². The van der Waals surface area contributed by atoms with Gasteiger partial charge in [0.1, 0.15) is 5.69 Å². The second kappa shape index (κ2) is 5.61. The molecule has 1 N–H and O–H groups in total. The number of aryl methyl sites for hydroxylation is 1. The summed E-state index contributed by atoms with van der Waals surface area (Å²) in [4.78, 5) is 1.11. The van der Waals surface area contributed by atoms with E-state index in [1.54, 1.807) is 11.3 Å². The molecule has 1 heterocycles. The maximum Gasteiger partial charge on any atom is 0.185 e. The number of nitrogens with one attached hydrogen (secondary N) is 1. The molecular weight excluding hydrogens is 370 g/mol. The van der Waals surface area contributed by atoms with E-state index in [1.165, 1.54) is 0 Å². The average Bonchev–Trinajstić information content (AvgIpc) is 2.82. The van der Waals surface area contributed by atoms with E-state index in [9.17, 15) is 17.6 Å². The van der Waals surface area contributed by atoms with Crippen molar-refractivity contribution in [2.75, 3.05) is 5.32 Å². The molecule has 1 aromatic carbocycles. The predicted octanol–water partition coefficient (Wildman–Crippen LogP) is 5.56. The van der Waals surface area contributed by atoms with Crippen molar-refractivity contribution in [2.24, 2.45) is 0 Å². The Kier molecular flexibility index (Phi) is 3.96. The van der Waals surface area contributed by atoms with Gasteiger partial charge in [-0.05, 0) is 46.8 Å². The zero-order valence-corrected chi connectivity index (χ0v) is 13.1. The minimum absolute atomic E-state index is 0.212. The van der Waals surface area contributed by atoms with Gasteiger partial charge in [0.2, 0.25) is 0 Å². The number of thiophene rings is 1. The van der Waals surface area contributed by atoms with Crippen molar-refractivity contribution in [2.45, 2.75) is 25.3 Å². The summed E-state index contributed by atoms with van der Waals surface area (Å²) >= 11 is 4.94. The highest BCUT2D eigenvalue weighted by molar-refractivity contribution is 9.11. The molecule has 0 saturated carbocycles. The molecule has 0 spiro atoms. The minimum atomic E-state index is -1.40. The van der Waals surface area contributed by atoms with Crippen molar-refractivity contribution < 1.29 is 17.6 Å². The quantitative estimate of drug-likeness (QED) is 0.532. The van der Waals surface area contributed by atoms with Gasteiger partial charge in [-0.1, -0.05) is 0 Å². The highest BCUT2D eigenvalue weighted by Gasteiger charge is 2.26. The topological polar surface area (TPSA) is 12.0 Å². The van der Waals surface area contributed by atoms with Crippen LogP contribution in [0.1, 0.15) is 29.3 Å². The van der Waals surface area contributed by atoms with Crippen LogP contribution in [0.15, 0.2) is 15.9 Å². The van der Waals surface area contributed by atoms with E-state index in [0.29, 0.717) is 6.42 Å². The van der Waals surface area contributed by atoms with Crippen LogP contribution in [-0.4, -0.2) is 0 Å². The fourth-order valence-corrected chi connectivity index (χ4v) is 4.36. The van der Waals surface area contributed by atoms with Gasteiger partial charge in [0.25, 0.3) is 0 Å². The molecule has 1 aliphatic rings. The van der Waals surface area contributed by atoms with Crippen molar-refractivity contribution in [3.8, 4) is 0 Å². The van der Waals surface area contributed by atoms with Gasteiger partial charge in [0.05, 0.1) is 9.83 Å². The smallest absolute Gasteiger partial charge is 0.185 e. The average molecular weight is 380 g/mol. The molecule has 21 heavy (non-hydrogen) atoms. The second-order valence-electron chi connectivity index (χ2n) is 4.86. The third-order valence-electron chi connectivity index (χ3n) is 3.51. The zero-order valence-electron chi connectivity index (χ0n) is 10.7. The molecule has 112 valence electrons. The van der Waals surface area contributed by atoms with Crippen LogP contribution in [0.3, 0.4) is 0 Å². The first kappa shape index (κ1) is 14.8. The Morgan fingerprint density at radius 2 is 1.76 bits per heavy atom. The molecule has 7 heteroatoms. The Hall–Kier alpha value is -1.08. The Morgan fingerprint density at radius 1 is 1.10 bits per heavy atom. The molecule has 0 amide bonds. The molecule has 2 aromatic rings. The van der Waals surface area contributed by atoms with Crippen LogP contribution in [0.2, 0.25) is 0 Å². The highest BCUT2D eigenvalue weighted by atomic mass is 79.9. The van der Waals surface area contributed by atoms with Crippen LogP contribution >= 0.6 is 27.3 Å². The monoisotopic (exact) mass is 379 g/mol. The van der Waals surface area contributed by atoms with E-state index in [4.69, 9.17) is 0 Å². The lowest BCUT2D eigenvalue weighted by atomic mass is 9.94. The molecule has 0 aliphatic heterocycles. The van der Waals surface area contributed by atoms with Gasteiger partial charge in [0.15, 0.2) is 23.3 Å². The van der Waals surface area contributed by atoms with E-state index < -0.39 is 29.0 Å².